The fourth-order valence-corrected chi connectivity index (χ4v) is 2.10. The van der Waals surface area contributed by atoms with Gasteiger partial charge in [0.1, 0.15) is 4.92 Å². The second-order valence-corrected chi connectivity index (χ2v) is 4.62. The summed E-state index contributed by atoms with van der Waals surface area (Å²) in [6.45, 7) is 0. The van der Waals surface area contributed by atoms with Crippen LogP contribution >= 0.6 is 0 Å². The molecule has 0 aliphatic heterocycles. The van der Waals surface area contributed by atoms with Gasteiger partial charge in [-0.05, 0) is 11.6 Å². The average Bonchev–Trinajstić information content (AvgIpc) is 3.04. The van der Waals surface area contributed by atoms with Crippen molar-refractivity contribution in [1.29, 1.82) is 0 Å². The molecule has 22 heavy (non-hydrogen) atoms. The van der Waals surface area contributed by atoms with E-state index in [1.165, 1.54) is 6.07 Å². The standard InChI is InChI=1S/C17H13N2O3/c20-19(21)17-10-9-16(22-17)15(18-11-5-2-6-12-18)13-14-7-3-1-4-8-14/h1-13H/q+1. The number of hydrogen-bond acceptors (Lipinski definition) is 3. The maximum absolute atomic E-state index is 10.8. The Morgan fingerprint density at radius 1 is 1.00 bits per heavy atom. The van der Waals surface area contributed by atoms with E-state index < -0.39 is 4.92 Å². The van der Waals surface area contributed by atoms with Gasteiger partial charge in [0.2, 0.25) is 5.76 Å². The Hall–Kier alpha value is -3.21. The second-order valence-electron chi connectivity index (χ2n) is 4.62. The van der Waals surface area contributed by atoms with Gasteiger partial charge < -0.3 is 4.42 Å². The van der Waals surface area contributed by atoms with Crippen molar-refractivity contribution in [1.82, 2.24) is 0 Å². The molecule has 0 bridgehead atoms. The lowest BCUT2D eigenvalue weighted by Crippen LogP contribution is -2.31. The van der Waals surface area contributed by atoms with Crippen molar-refractivity contribution in [3.8, 4) is 0 Å². The zero-order chi connectivity index (χ0) is 15.4. The summed E-state index contributed by atoms with van der Waals surface area (Å²) in [7, 11) is 0. The molecule has 3 aromatic rings. The normalized spacial score (nSPS) is 11.4. The van der Waals surface area contributed by atoms with Gasteiger partial charge in [-0.2, -0.15) is 4.57 Å². The summed E-state index contributed by atoms with van der Waals surface area (Å²) in [5.41, 5.74) is 1.70. The summed E-state index contributed by atoms with van der Waals surface area (Å²) in [6.07, 6.45) is 5.65. The quantitative estimate of drug-likeness (QED) is 0.420. The molecular formula is C17H13N2O3+. The Labute approximate surface area is 126 Å². The number of furan rings is 1. The van der Waals surface area contributed by atoms with E-state index in [0.717, 1.165) is 11.3 Å². The first kappa shape index (κ1) is 13.8. The third kappa shape index (κ3) is 2.93. The van der Waals surface area contributed by atoms with Gasteiger partial charge in [-0.15, -0.1) is 0 Å². The highest BCUT2D eigenvalue weighted by Gasteiger charge is 2.21. The molecule has 0 saturated heterocycles. The fraction of sp³-hybridized carbons (Fsp3) is 0. The summed E-state index contributed by atoms with van der Waals surface area (Å²) < 4.78 is 7.20. The Kier molecular flexibility index (Phi) is 3.78. The minimum Gasteiger partial charge on any atom is -0.394 e. The molecule has 5 heteroatoms. The van der Waals surface area contributed by atoms with Crippen LogP contribution in [0.4, 0.5) is 5.88 Å². The van der Waals surface area contributed by atoms with Crippen molar-refractivity contribution >= 4 is 17.7 Å². The summed E-state index contributed by atoms with van der Waals surface area (Å²) in [4.78, 5) is 10.3. The maximum atomic E-state index is 10.8. The highest BCUT2D eigenvalue weighted by Crippen LogP contribution is 2.22. The lowest BCUT2D eigenvalue weighted by Gasteiger charge is -1.99. The van der Waals surface area contributed by atoms with E-state index in [0.29, 0.717) is 5.76 Å². The Bertz CT molecular complexity index is 808. The van der Waals surface area contributed by atoms with Crippen LogP contribution in [-0.4, -0.2) is 4.92 Å². The Balaban J connectivity index is 2.11. The number of aromatic nitrogens is 1. The molecule has 2 heterocycles. The van der Waals surface area contributed by atoms with E-state index in [1.54, 1.807) is 6.07 Å². The highest BCUT2D eigenvalue weighted by atomic mass is 16.6. The number of hydrogen-bond donors (Lipinski definition) is 0. The van der Waals surface area contributed by atoms with Crippen molar-refractivity contribution in [2.75, 3.05) is 0 Å². The van der Waals surface area contributed by atoms with Crippen molar-refractivity contribution in [2.24, 2.45) is 0 Å². The SMILES string of the molecule is O=[N+]([O-])c1ccc(C(=Cc2ccccc2)[n+]2ccccc2)o1. The molecule has 0 amide bonds. The van der Waals surface area contributed by atoms with Crippen LogP contribution in [0.15, 0.2) is 77.5 Å². The van der Waals surface area contributed by atoms with E-state index in [1.807, 2.05) is 71.6 Å². The monoisotopic (exact) mass is 293 g/mol. The zero-order valence-electron chi connectivity index (χ0n) is 11.6. The molecule has 108 valence electrons. The molecule has 2 aromatic heterocycles. The van der Waals surface area contributed by atoms with Crippen molar-refractivity contribution in [2.45, 2.75) is 0 Å². The molecule has 0 spiro atoms. The molecule has 5 nitrogen and oxygen atoms in total. The maximum Gasteiger partial charge on any atom is 0.433 e. The van der Waals surface area contributed by atoms with Crippen LogP contribution in [-0.2, 0) is 0 Å². The average molecular weight is 293 g/mol. The Morgan fingerprint density at radius 3 is 2.32 bits per heavy atom. The first-order valence-electron chi connectivity index (χ1n) is 6.72. The van der Waals surface area contributed by atoms with E-state index in [-0.39, 0.29) is 5.88 Å². The molecule has 0 atom stereocenters. The van der Waals surface area contributed by atoms with Gasteiger partial charge in [0.25, 0.3) is 5.70 Å². The van der Waals surface area contributed by atoms with Crippen LogP contribution in [0.2, 0.25) is 0 Å². The predicted molar refractivity (Wildman–Crippen MR) is 81.7 cm³/mol. The summed E-state index contributed by atoms with van der Waals surface area (Å²) in [5.74, 6) is 0.164. The molecule has 0 aliphatic carbocycles. The zero-order valence-corrected chi connectivity index (χ0v) is 11.6. The second kappa shape index (κ2) is 6.05. The lowest BCUT2D eigenvalue weighted by atomic mass is 10.1. The first-order chi connectivity index (χ1) is 10.7. The van der Waals surface area contributed by atoms with Crippen molar-refractivity contribution in [3.05, 3.63) is 94.5 Å². The van der Waals surface area contributed by atoms with Crippen LogP contribution in [0, 0.1) is 10.1 Å². The number of rotatable bonds is 4. The van der Waals surface area contributed by atoms with Gasteiger partial charge in [0.15, 0.2) is 12.4 Å². The third-order valence-electron chi connectivity index (χ3n) is 3.12. The number of nitro groups is 1. The fourth-order valence-electron chi connectivity index (χ4n) is 2.10. The topological polar surface area (TPSA) is 60.2 Å². The largest absolute Gasteiger partial charge is 0.433 e. The minimum absolute atomic E-state index is 0.273. The van der Waals surface area contributed by atoms with Crippen LogP contribution < -0.4 is 4.57 Å². The molecule has 0 fully saturated rings. The summed E-state index contributed by atoms with van der Waals surface area (Å²) in [6, 6.07) is 18.4. The summed E-state index contributed by atoms with van der Waals surface area (Å²) >= 11 is 0. The van der Waals surface area contributed by atoms with Gasteiger partial charge in [-0.25, -0.2) is 0 Å². The lowest BCUT2D eigenvalue weighted by molar-refractivity contribution is -0.579. The van der Waals surface area contributed by atoms with Gasteiger partial charge in [-0.1, -0.05) is 36.4 Å². The van der Waals surface area contributed by atoms with Crippen LogP contribution in [0.1, 0.15) is 11.3 Å². The number of pyridine rings is 1. The third-order valence-corrected chi connectivity index (χ3v) is 3.12. The smallest absolute Gasteiger partial charge is 0.394 e. The number of nitrogens with zero attached hydrogens (tertiary/aromatic N) is 2. The molecule has 0 radical (unpaired) electrons. The minimum atomic E-state index is -0.542. The van der Waals surface area contributed by atoms with Gasteiger partial charge in [0.05, 0.1) is 6.07 Å². The van der Waals surface area contributed by atoms with Gasteiger partial charge in [-0.3, -0.25) is 10.1 Å². The molecule has 3 rings (SSSR count). The van der Waals surface area contributed by atoms with E-state index in [9.17, 15) is 10.1 Å². The van der Waals surface area contributed by atoms with E-state index in [2.05, 4.69) is 0 Å². The molecule has 0 aliphatic rings. The molecular weight excluding hydrogens is 280 g/mol. The van der Waals surface area contributed by atoms with Gasteiger partial charge in [0, 0.05) is 18.2 Å². The van der Waals surface area contributed by atoms with Crippen LogP contribution in [0.25, 0.3) is 11.8 Å². The summed E-state index contributed by atoms with van der Waals surface area (Å²) in [5, 5.41) is 10.8. The molecule has 0 saturated carbocycles. The highest BCUT2D eigenvalue weighted by molar-refractivity contribution is 5.74. The Morgan fingerprint density at radius 2 is 1.68 bits per heavy atom. The van der Waals surface area contributed by atoms with E-state index in [4.69, 9.17) is 4.42 Å². The number of benzene rings is 1. The van der Waals surface area contributed by atoms with Crippen LogP contribution in [0.3, 0.4) is 0 Å². The van der Waals surface area contributed by atoms with E-state index >= 15 is 0 Å². The predicted octanol–water partition coefficient (Wildman–Crippen LogP) is 3.52. The molecule has 0 N–H and O–H groups in total. The van der Waals surface area contributed by atoms with Gasteiger partial charge >= 0.3 is 5.88 Å². The molecule has 0 unspecified atom stereocenters. The molecule has 1 aromatic carbocycles. The van der Waals surface area contributed by atoms with Crippen molar-refractivity contribution in [3.63, 3.8) is 0 Å². The van der Waals surface area contributed by atoms with Crippen LogP contribution in [0.5, 0.6) is 0 Å². The first-order valence-corrected chi connectivity index (χ1v) is 6.72. The van der Waals surface area contributed by atoms with Crippen molar-refractivity contribution < 1.29 is 13.9 Å².